The van der Waals surface area contributed by atoms with Crippen molar-refractivity contribution < 1.29 is 24.2 Å². The first kappa shape index (κ1) is 16.7. The molecule has 1 unspecified atom stereocenters. The molecule has 7 nitrogen and oxygen atoms in total. The van der Waals surface area contributed by atoms with Gasteiger partial charge in [0.05, 0.1) is 19.1 Å². The summed E-state index contributed by atoms with van der Waals surface area (Å²) < 4.78 is 10.1. The molecule has 1 aliphatic carbocycles. The predicted molar refractivity (Wildman–Crippen MR) is 72.6 cm³/mol. The van der Waals surface area contributed by atoms with Gasteiger partial charge in [-0.2, -0.15) is 0 Å². The van der Waals surface area contributed by atoms with E-state index in [1.807, 2.05) is 0 Å². The van der Waals surface area contributed by atoms with Gasteiger partial charge in [0.15, 0.2) is 0 Å². The van der Waals surface area contributed by atoms with Crippen LogP contribution in [0.25, 0.3) is 0 Å². The van der Waals surface area contributed by atoms with Gasteiger partial charge in [0.25, 0.3) is 0 Å². The van der Waals surface area contributed by atoms with E-state index in [4.69, 9.17) is 14.6 Å². The van der Waals surface area contributed by atoms with E-state index in [9.17, 15) is 9.59 Å². The molecule has 0 saturated heterocycles. The number of hydrogen-bond donors (Lipinski definition) is 3. The molecule has 0 aromatic heterocycles. The number of rotatable bonds is 9. The van der Waals surface area contributed by atoms with E-state index in [0.29, 0.717) is 19.7 Å². The van der Waals surface area contributed by atoms with Gasteiger partial charge >= 0.3 is 12.0 Å². The number of carbonyl (C=O) groups excluding carboxylic acids is 1. The third-order valence-electron chi connectivity index (χ3n) is 3.74. The number of carboxylic acid groups (broad SMARTS) is 1. The molecule has 0 radical (unpaired) electrons. The fourth-order valence-electron chi connectivity index (χ4n) is 2.35. The summed E-state index contributed by atoms with van der Waals surface area (Å²) in [5, 5.41) is 14.3. The monoisotopic (exact) mass is 288 g/mol. The number of hydrogen-bond acceptors (Lipinski definition) is 4. The van der Waals surface area contributed by atoms with E-state index in [1.165, 1.54) is 0 Å². The van der Waals surface area contributed by atoms with Crippen LogP contribution < -0.4 is 10.6 Å². The summed E-state index contributed by atoms with van der Waals surface area (Å²) in [4.78, 5) is 22.5. The van der Waals surface area contributed by atoms with Gasteiger partial charge in [0.1, 0.15) is 0 Å². The molecule has 3 N–H and O–H groups in total. The number of methoxy groups -OCH3 is 2. The third kappa shape index (κ3) is 5.34. The van der Waals surface area contributed by atoms with Gasteiger partial charge in [-0.25, -0.2) is 4.79 Å². The lowest BCUT2D eigenvalue weighted by Gasteiger charge is -2.40. The predicted octanol–water partition coefficient (Wildman–Crippen LogP) is 0.592. The van der Waals surface area contributed by atoms with Crippen molar-refractivity contribution in [2.24, 2.45) is 5.41 Å². The fraction of sp³-hybridized carbons (Fsp3) is 0.846. The van der Waals surface area contributed by atoms with E-state index >= 15 is 0 Å². The van der Waals surface area contributed by atoms with Crippen LogP contribution in [0.1, 0.15) is 25.7 Å². The van der Waals surface area contributed by atoms with E-state index < -0.39 is 5.97 Å². The Morgan fingerprint density at radius 1 is 1.30 bits per heavy atom. The molecule has 1 aliphatic rings. The molecule has 7 heteroatoms. The zero-order chi connectivity index (χ0) is 15.0. The Kier molecular flexibility index (Phi) is 6.74. The van der Waals surface area contributed by atoms with Crippen molar-refractivity contribution in [3.05, 3.63) is 0 Å². The van der Waals surface area contributed by atoms with Crippen LogP contribution >= 0.6 is 0 Å². The first-order valence-electron chi connectivity index (χ1n) is 6.76. The highest BCUT2D eigenvalue weighted by atomic mass is 16.5. The molecule has 0 bridgehead atoms. The summed E-state index contributed by atoms with van der Waals surface area (Å²) in [5.74, 6) is -0.813. The Balaban J connectivity index is 2.26. The number of amides is 2. The maximum atomic E-state index is 11.7. The topological polar surface area (TPSA) is 96.9 Å². The summed E-state index contributed by atoms with van der Waals surface area (Å²) >= 11 is 0. The summed E-state index contributed by atoms with van der Waals surface area (Å²) in [6.45, 7) is 1.15. The number of carbonyl (C=O) groups is 2. The van der Waals surface area contributed by atoms with Gasteiger partial charge in [0, 0.05) is 27.3 Å². The largest absolute Gasteiger partial charge is 0.481 e. The molecular weight excluding hydrogens is 264 g/mol. The quantitative estimate of drug-likeness (QED) is 0.577. The second-order valence-corrected chi connectivity index (χ2v) is 5.30. The minimum atomic E-state index is -0.813. The van der Waals surface area contributed by atoms with E-state index in [2.05, 4.69) is 10.6 Å². The summed E-state index contributed by atoms with van der Waals surface area (Å²) in [7, 11) is 3.12. The van der Waals surface area contributed by atoms with Crippen molar-refractivity contribution in [3.8, 4) is 0 Å². The van der Waals surface area contributed by atoms with Gasteiger partial charge in [0.2, 0.25) is 0 Å². The molecule has 1 atom stereocenters. The van der Waals surface area contributed by atoms with Crippen molar-refractivity contribution >= 4 is 12.0 Å². The molecule has 20 heavy (non-hydrogen) atoms. The standard InChI is InChI=1S/C13H24N2O5/c1-19-8-10(20-2)7-14-12(18)15-9-13(4-3-5-13)6-11(16)17/h10H,3-9H2,1-2H3,(H,16,17)(H2,14,15,18). The molecule has 1 fully saturated rings. The second kappa shape index (κ2) is 8.06. The number of nitrogens with one attached hydrogen (secondary N) is 2. The molecule has 0 aliphatic heterocycles. The van der Waals surface area contributed by atoms with Crippen LogP contribution in [0.3, 0.4) is 0 Å². The number of urea groups is 1. The highest BCUT2D eigenvalue weighted by Gasteiger charge is 2.39. The van der Waals surface area contributed by atoms with Crippen molar-refractivity contribution in [2.75, 3.05) is 33.9 Å². The van der Waals surface area contributed by atoms with Crippen LogP contribution in [-0.4, -0.2) is 57.1 Å². The molecule has 1 saturated carbocycles. The Morgan fingerprint density at radius 2 is 2.00 bits per heavy atom. The number of ether oxygens (including phenoxy) is 2. The molecule has 0 aromatic rings. The average molecular weight is 288 g/mol. The summed E-state index contributed by atoms with van der Waals surface area (Å²) in [5.41, 5.74) is -0.267. The first-order valence-corrected chi connectivity index (χ1v) is 6.76. The Morgan fingerprint density at radius 3 is 2.45 bits per heavy atom. The van der Waals surface area contributed by atoms with Crippen LogP contribution in [0, 0.1) is 5.41 Å². The molecule has 0 spiro atoms. The van der Waals surface area contributed by atoms with Crippen LogP contribution in [0.5, 0.6) is 0 Å². The minimum Gasteiger partial charge on any atom is -0.481 e. The van der Waals surface area contributed by atoms with Crippen LogP contribution in [-0.2, 0) is 14.3 Å². The molecular formula is C13H24N2O5. The zero-order valence-electron chi connectivity index (χ0n) is 12.1. The molecule has 0 aromatic carbocycles. The first-order chi connectivity index (χ1) is 9.51. The van der Waals surface area contributed by atoms with E-state index in [0.717, 1.165) is 19.3 Å². The lowest BCUT2D eigenvalue weighted by molar-refractivity contribution is -0.141. The van der Waals surface area contributed by atoms with Crippen LogP contribution in [0.15, 0.2) is 0 Å². The molecule has 116 valence electrons. The second-order valence-electron chi connectivity index (χ2n) is 5.30. The summed E-state index contributed by atoms with van der Waals surface area (Å²) in [6, 6.07) is -0.306. The SMILES string of the molecule is COCC(CNC(=O)NCC1(CC(=O)O)CCC1)OC. The number of carboxylic acids is 1. The summed E-state index contributed by atoms with van der Waals surface area (Å²) in [6.07, 6.45) is 2.64. The van der Waals surface area contributed by atoms with Crippen LogP contribution in [0.4, 0.5) is 4.79 Å². The smallest absolute Gasteiger partial charge is 0.314 e. The lowest BCUT2D eigenvalue weighted by atomic mass is 9.66. The molecule has 2 amide bonds. The van der Waals surface area contributed by atoms with Gasteiger partial charge in [-0.05, 0) is 18.3 Å². The Bertz CT molecular complexity index is 331. The normalized spacial score (nSPS) is 17.9. The van der Waals surface area contributed by atoms with Gasteiger partial charge in [-0.15, -0.1) is 0 Å². The van der Waals surface area contributed by atoms with Crippen molar-refractivity contribution in [2.45, 2.75) is 31.8 Å². The molecule has 1 rings (SSSR count). The highest BCUT2D eigenvalue weighted by Crippen LogP contribution is 2.43. The maximum Gasteiger partial charge on any atom is 0.314 e. The van der Waals surface area contributed by atoms with E-state index in [-0.39, 0.29) is 24.0 Å². The van der Waals surface area contributed by atoms with Crippen molar-refractivity contribution in [1.82, 2.24) is 10.6 Å². The third-order valence-corrected chi connectivity index (χ3v) is 3.74. The minimum absolute atomic E-state index is 0.109. The van der Waals surface area contributed by atoms with Crippen LogP contribution in [0.2, 0.25) is 0 Å². The van der Waals surface area contributed by atoms with Gasteiger partial charge in [-0.1, -0.05) is 6.42 Å². The number of aliphatic carboxylic acids is 1. The van der Waals surface area contributed by atoms with Crippen molar-refractivity contribution in [3.63, 3.8) is 0 Å². The van der Waals surface area contributed by atoms with E-state index in [1.54, 1.807) is 14.2 Å². The lowest BCUT2D eigenvalue weighted by Crippen LogP contribution is -2.48. The highest BCUT2D eigenvalue weighted by molar-refractivity contribution is 5.74. The maximum absolute atomic E-state index is 11.7. The zero-order valence-corrected chi connectivity index (χ0v) is 12.1. The fourth-order valence-corrected chi connectivity index (χ4v) is 2.35. The molecule has 0 heterocycles. The van der Waals surface area contributed by atoms with Gasteiger partial charge in [-0.3, -0.25) is 4.79 Å². The van der Waals surface area contributed by atoms with Crippen molar-refractivity contribution in [1.29, 1.82) is 0 Å². The Hall–Kier alpha value is -1.34. The average Bonchev–Trinajstić information content (AvgIpc) is 2.37. The Labute approximate surface area is 119 Å². The van der Waals surface area contributed by atoms with Gasteiger partial charge < -0.3 is 25.2 Å².